The smallest absolute Gasteiger partial charge is 0.164 e. The Balaban J connectivity index is 3.75. The summed E-state index contributed by atoms with van der Waals surface area (Å²) in [4.78, 5) is 0. The van der Waals surface area contributed by atoms with Crippen LogP contribution in [0.1, 0.15) is 129 Å². The second-order valence-electron chi connectivity index (χ2n) is 8.67. The van der Waals surface area contributed by atoms with E-state index in [2.05, 4.69) is 13.8 Å². The Kier molecular flexibility index (Phi) is 18.6. The van der Waals surface area contributed by atoms with E-state index in [0.717, 1.165) is 38.5 Å². The van der Waals surface area contributed by atoms with Crippen molar-refractivity contribution in [2.45, 2.75) is 129 Å². The lowest BCUT2D eigenvalue weighted by Crippen LogP contribution is -2.21. The zero-order valence-corrected chi connectivity index (χ0v) is 20.9. The van der Waals surface area contributed by atoms with Crippen molar-refractivity contribution in [2.24, 2.45) is 0 Å². The molecule has 0 aromatic heterocycles. The van der Waals surface area contributed by atoms with Gasteiger partial charge in [-0.05, 0) is 12.8 Å². The third-order valence-electron chi connectivity index (χ3n) is 5.48. The molecule has 0 saturated heterocycles. The van der Waals surface area contributed by atoms with Crippen LogP contribution in [0, 0.1) is 0 Å². The largest absolute Gasteiger partial charge is 0.228 e. The average Bonchev–Trinajstić information content (AvgIpc) is 2.64. The lowest BCUT2D eigenvalue weighted by molar-refractivity contribution is 0.562. The molecule has 0 fully saturated rings. The van der Waals surface area contributed by atoms with Crippen LogP contribution < -0.4 is 0 Å². The van der Waals surface area contributed by atoms with Crippen molar-refractivity contribution in [3.63, 3.8) is 0 Å². The monoisotopic (exact) mass is 452 g/mol. The number of hydrogen-bond donors (Lipinski definition) is 0. The first-order valence-corrected chi connectivity index (χ1v) is 15.9. The molecular formula is C23H48O4S2. The molecule has 0 N–H and O–H groups in total. The molecule has 0 amide bonds. The van der Waals surface area contributed by atoms with Crippen molar-refractivity contribution in [3.05, 3.63) is 0 Å². The average molecular weight is 453 g/mol. The van der Waals surface area contributed by atoms with E-state index in [9.17, 15) is 16.8 Å². The zero-order chi connectivity index (χ0) is 21.8. The topological polar surface area (TPSA) is 68.3 Å². The van der Waals surface area contributed by atoms with E-state index >= 15 is 0 Å². The van der Waals surface area contributed by atoms with E-state index in [1.54, 1.807) is 0 Å². The van der Waals surface area contributed by atoms with Gasteiger partial charge in [0.2, 0.25) is 0 Å². The van der Waals surface area contributed by atoms with Crippen molar-refractivity contribution in [1.82, 2.24) is 0 Å². The van der Waals surface area contributed by atoms with Crippen LogP contribution in [0.3, 0.4) is 0 Å². The van der Waals surface area contributed by atoms with Crippen LogP contribution >= 0.6 is 0 Å². The lowest BCUT2D eigenvalue weighted by Gasteiger charge is -2.07. The predicted octanol–water partition coefficient (Wildman–Crippen LogP) is 6.84. The molecule has 0 aromatic rings. The maximum Gasteiger partial charge on any atom is 0.164 e. The number of unbranched alkanes of at least 4 members (excludes halogenated alkanes) is 16. The second kappa shape index (κ2) is 18.7. The number of sulfone groups is 2. The van der Waals surface area contributed by atoms with Gasteiger partial charge in [0.15, 0.2) is 24.8 Å². The minimum Gasteiger partial charge on any atom is -0.228 e. The molecule has 0 aliphatic carbocycles. The Morgan fingerprint density at radius 2 is 0.621 bits per heavy atom. The summed E-state index contributed by atoms with van der Waals surface area (Å²) in [5.74, 6) is 0.0274. The maximum atomic E-state index is 12.1. The third kappa shape index (κ3) is 20.9. The second-order valence-corrected chi connectivity index (χ2v) is 13.4. The predicted molar refractivity (Wildman–Crippen MR) is 127 cm³/mol. The number of hydrogen-bond acceptors (Lipinski definition) is 4. The van der Waals surface area contributed by atoms with Gasteiger partial charge < -0.3 is 0 Å². The normalized spacial score (nSPS) is 12.5. The molecular weight excluding hydrogens is 404 g/mol. The molecule has 0 aromatic carbocycles. The van der Waals surface area contributed by atoms with Crippen LogP contribution in [0.5, 0.6) is 0 Å². The fourth-order valence-electron chi connectivity index (χ4n) is 3.66. The number of rotatable bonds is 22. The van der Waals surface area contributed by atoms with Crippen LogP contribution in [0.4, 0.5) is 0 Å². The molecule has 0 unspecified atom stereocenters. The van der Waals surface area contributed by atoms with E-state index in [1.807, 2.05) is 0 Å². The lowest BCUT2D eigenvalue weighted by atomic mass is 10.1. The molecule has 0 saturated carbocycles. The summed E-state index contributed by atoms with van der Waals surface area (Å²) in [6, 6.07) is 0. The molecule has 4 nitrogen and oxygen atoms in total. The molecule has 0 radical (unpaired) electrons. The van der Waals surface area contributed by atoms with E-state index in [0.29, 0.717) is 12.8 Å². The van der Waals surface area contributed by atoms with Crippen molar-refractivity contribution in [2.75, 3.05) is 16.6 Å². The molecule has 176 valence electrons. The molecule has 6 heteroatoms. The highest BCUT2D eigenvalue weighted by Gasteiger charge is 2.21. The summed E-state index contributed by atoms with van der Waals surface area (Å²) in [5.41, 5.74) is 0. The van der Waals surface area contributed by atoms with Gasteiger partial charge in [-0.25, -0.2) is 16.8 Å². The van der Waals surface area contributed by atoms with Crippen molar-refractivity contribution >= 4 is 19.7 Å². The highest BCUT2D eigenvalue weighted by Crippen LogP contribution is 2.13. The fraction of sp³-hybridized carbons (Fsp3) is 1.00. The molecule has 0 atom stereocenters. The summed E-state index contributed by atoms with van der Waals surface area (Å²) in [6.07, 6.45) is 20.0. The van der Waals surface area contributed by atoms with E-state index in [-0.39, 0.29) is 11.5 Å². The summed E-state index contributed by atoms with van der Waals surface area (Å²) in [5, 5.41) is -0.659. The highest BCUT2D eigenvalue weighted by molar-refractivity contribution is 8.08. The summed E-state index contributed by atoms with van der Waals surface area (Å²) in [7, 11) is -6.98. The van der Waals surface area contributed by atoms with Gasteiger partial charge in [0.1, 0.15) is 0 Å². The third-order valence-corrected chi connectivity index (χ3v) is 10.2. The Morgan fingerprint density at radius 1 is 0.379 bits per heavy atom. The van der Waals surface area contributed by atoms with Gasteiger partial charge in [0.25, 0.3) is 0 Å². The van der Waals surface area contributed by atoms with Gasteiger partial charge in [-0.1, -0.05) is 117 Å². The van der Waals surface area contributed by atoms with E-state index in [1.165, 1.54) is 64.2 Å². The summed E-state index contributed by atoms with van der Waals surface area (Å²) in [6.45, 7) is 4.41. The van der Waals surface area contributed by atoms with Gasteiger partial charge in [-0.15, -0.1) is 0 Å². The van der Waals surface area contributed by atoms with Crippen molar-refractivity contribution in [3.8, 4) is 0 Å². The van der Waals surface area contributed by atoms with E-state index in [4.69, 9.17) is 0 Å². The van der Waals surface area contributed by atoms with Gasteiger partial charge >= 0.3 is 0 Å². The maximum absolute atomic E-state index is 12.1. The van der Waals surface area contributed by atoms with Gasteiger partial charge in [-0.3, -0.25) is 0 Å². The summed E-state index contributed by atoms with van der Waals surface area (Å²) >= 11 is 0. The first-order valence-electron chi connectivity index (χ1n) is 12.2. The van der Waals surface area contributed by atoms with Crippen LogP contribution in [0.25, 0.3) is 0 Å². The SMILES string of the molecule is CCCCCCCCCCCS(=O)(=O)CS(=O)(=O)CCCCCCCCCCC. The highest BCUT2D eigenvalue weighted by atomic mass is 32.3. The molecule has 0 aliphatic heterocycles. The standard InChI is InChI=1S/C23H48O4S2/c1-3-5-7-9-11-13-15-17-19-21-28(24,25)23-29(26,27)22-20-18-16-14-12-10-8-6-4-2/h3-23H2,1-2H3. The van der Waals surface area contributed by atoms with Gasteiger partial charge in [0.05, 0.1) is 11.5 Å². The van der Waals surface area contributed by atoms with Crippen LogP contribution in [-0.4, -0.2) is 33.4 Å². The molecule has 0 bridgehead atoms. The Bertz CT molecular complexity index is 503. The van der Waals surface area contributed by atoms with Gasteiger partial charge in [0, 0.05) is 0 Å². The van der Waals surface area contributed by atoms with E-state index < -0.39 is 24.8 Å². The molecule has 0 aliphatic rings. The Morgan fingerprint density at radius 3 is 0.897 bits per heavy atom. The molecule has 0 rings (SSSR count). The molecule has 0 heterocycles. The van der Waals surface area contributed by atoms with Crippen molar-refractivity contribution in [1.29, 1.82) is 0 Å². The van der Waals surface area contributed by atoms with Crippen LogP contribution in [0.2, 0.25) is 0 Å². The first-order chi connectivity index (χ1) is 13.8. The van der Waals surface area contributed by atoms with Gasteiger partial charge in [-0.2, -0.15) is 0 Å². The summed E-state index contributed by atoms with van der Waals surface area (Å²) < 4.78 is 48.5. The van der Waals surface area contributed by atoms with Crippen LogP contribution in [0.15, 0.2) is 0 Å². The first kappa shape index (κ1) is 28.9. The minimum absolute atomic E-state index is 0.0137. The Hall–Kier alpha value is -0.100. The fourth-order valence-corrected chi connectivity index (χ4v) is 8.08. The van der Waals surface area contributed by atoms with Crippen LogP contribution in [-0.2, 0) is 19.7 Å². The minimum atomic E-state index is -3.49. The quantitative estimate of drug-likeness (QED) is 0.169. The molecule has 29 heavy (non-hydrogen) atoms. The zero-order valence-electron chi connectivity index (χ0n) is 19.3. The van der Waals surface area contributed by atoms with Crippen molar-refractivity contribution < 1.29 is 16.8 Å². The molecule has 0 spiro atoms. The Labute approximate surface area is 182 Å².